The van der Waals surface area contributed by atoms with Crippen molar-refractivity contribution in [2.45, 2.75) is 26.5 Å². The van der Waals surface area contributed by atoms with Crippen LogP contribution < -0.4 is 9.47 Å². The van der Waals surface area contributed by atoms with Crippen LogP contribution in [0.25, 0.3) is 6.08 Å². The molecular formula is C21H19IN2O6S. The van der Waals surface area contributed by atoms with Crippen LogP contribution in [0.15, 0.2) is 41.3 Å². The molecule has 0 radical (unpaired) electrons. The number of methoxy groups -OCH3 is 1. The van der Waals surface area contributed by atoms with E-state index >= 15 is 0 Å². The molecule has 2 amide bonds. The number of rotatable bonds is 7. The minimum absolute atomic E-state index is 0.0159. The van der Waals surface area contributed by atoms with Crippen molar-refractivity contribution in [2.75, 3.05) is 7.11 Å². The third kappa shape index (κ3) is 5.18. The zero-order valence-electron chi connectivity index (χ0n) is 17.0. The van der Waals surface area contributed by atoms with Gasteiger partial charge >= 0.3 is 0 Å². The fourth-order valence-electron chi connectivity index (χ4n) is 2.91. The van der Waals surface area contributed by atoms with E-state index in [1.807, 2.05) is 6.07 Å². The first kappa shape index (κ1) is 23.1. The number of nitro benzene ring substituents is 1. The number of imide groups is 1. The second-order valence-corrected chi connectivity index (χ2v) is 9.05. The topological polar surface area (TPSA) is 99.0 Å². The fourth-order valence-corrected chi connectivity index (χ4v) is 4.65. The average molecular weight is 554 g/mol. The molecule has 1 heterocycles. The van der Waals surface area contributed by atoms with E-state index in [9.17, 15) is 19.7 Å². The number of non-ortho nitro benzene ring substituents is 1. The van der Waals surface area contributed by atoms with Crippen molar-refractivity contribution in [3.8, 4) is 11.5 Å². The Morgan fingerprint density at radius 3 is 2.45 bits per heavy atom. The zero-order chi connectivity index (χ0) is 22.7. The van der Waals surface area contributed by atoms with Gasteiger partial charge in [0.15, 0.2) is 11.5 Å². The summed E-state index contributed by atoms with van der Waals surface area (Å²) >= 11 is 3.02. The number of thioether (sulfide) groups is 1. The first-order valence-electron chi connectivity index (χ1n) is 9.22. The van der Waals surface area contributed by atoms with Gasteiger partial charge in [-0.3, -0.25) is 24.6 Å². The Hall–Kier alpha value is -2.60. The van der Waals surface area contributed by atoms with Gasteiger partial charge in [-0.2, -0.15) is 0 Å². The Kier molecular flexibility index (Phi) is 7.21. The lowest BCUT2D eigenvalue weighted by atomic mass is 10.1. The van der Waals surface area contributed by atoms with Gasteiger partial charge in [-0.15, -0.1) is 0 Å². The summed E-state index contributed by atoms with van der Waals surface area (Å²) in [6.45, 7) is 3.79. The Morgan fingerprint density at radius 1 is 1.23 bits per heavy atom. The molecule has 1 aliphatic rings. The number of nitro groups is 1. The summed E-state index contributed by atoms with van der Waals surface area (Å²) in [7, 11) is 1.51. The monoisotopic (exact) mass is 554 g/mol. The molecule has 0 saturated carbocycles. The lowest BCUT2D eigenvalue weighted by Crippen LogP contribution is -2.34. The van der Waals surface area contributed by atoms with Crippen LogP contribution in [-0.2, 0) is 11.4 Å². The van der Waals surface area contributed by atoms with Crippen molar-refractivity contribution in [2.24, 2.45) is 0 Å². The summed E-state index contributed by atoms with van der Waals surface area (Å²) < 4.78 is 12.1. The number of amides is 2. The average Bonchev–Trinajstić information content (AvgIpc) is 3.00. The predicted molar refractivity (Wildman–Crippen MR) is 126 cm³/mol. The van der Waals surface area contributed by atoms with Crippen molar-refractivity contribution in [3.63, 3.8) is 0 Å². The molecule has 31 heavy (non-hydrogen) atoms. The van der Waals surface area contributed by atoms with Crippen molar-refractivity contribution in [1.82, 2.24) is 4.90 Å². The summed E-state index contributed by atoms with van der Waals surface area (Å²) in [6.07, 6.45) is 1.66. The standard InChI is InChI=1S/C21H19IN2O6S/c1-12(2)23-20(25)18(31-21(23)26)10-14-8-16(22)19(17(9-14)29-3)30-11-13-4-6-15(7-5-13)24(27)28/h4-10,12H,11H2,1-3H3/b18-10+. The number of nitrogens with zero attached hydrogens (tertiary/aromatic N) is 2. The third-order valence-electron chi connectivity index (χ3n) is 4.42. The summed E-state index contributed by atoms with van der Waals surface area (Å²) in [6, 6.07) is 9.48. The second kappa shape index (κ2) is 9.69. The van der Waals surface area contributed by atoms with E-state index in [0.29, 0.717) is 22.0 Å². The number of carbonyl (C=O) groups excluding carboxylic acids is 2. The summed E-state index contributed by atoms with van der Waals surface area (Å²) in [5.41, 5.74) is 1.50. The molecular weight excluding hydrogens is 535 g/mol. The second-order valence-electron chi connectivity index (χ2n) is 6.89. The molecule has 2 aromatic rings. The SMILES string of the molecule is COc1cc(/C=C2/SC(=O)N(C(C)C)C2=O)cc(I)c1OCc1ccc([N+](=O)[O-])cc1. The highest BCUT2D eigenvalue weighted by Gasteiger charge is 2.36. The molecule has 3 rings (SSSR count). The van der Waals surface area contributed by atoms with Gasteiger partial charge in [0, 0.05) is 18.2 Å². The lowest BCUT2D eigenvalue weighted by molar-refractivity contribution is -0.384. The van der Waals surface area contributed by atoms with Gasteiger partial charge in [0.25, 0.3) is 16.8 Å². The first-order valence-corrected chi connectivity index (χ1v) is 11.1. The molecule has 162 valence electrons. The Balaban J connectivity index is 1.81. The lowest BCUT2D eigenvalue weighted by Gasteiger charge is -2.16. The van der Waals surface area contributed by atoms with E-state index in [2.05, 4.69) is 22.6 Å². The maximum Gasteiger partial charge on any atom is 0.293 e. The van der Waals surface area contributed by atoms with Gasteiger partial charge in [0.1, 0.15) is 6.61 Å². The van der Waals surface area contributed by atoms with Crippen molar-refractivity contribution in [1.29, 1.82) is 0 Å². The summed E-state index contributed by atoms with van der Waals surface area (Å²) in [4.78, 5) is 36.5. The molecule has 0 unspecified atom stereocenters. The largest absolute Gasteiger partial charge is 0.493 e. The van der Waals surface area contributed by atoms with E-state index in [0.717, 1.165) is 20.9 Å². The van der Waals surface area contributed by atoms with E-state index in [1.54, 1.807) is 38.1 Å². The summed E-state index contributed by atoms with van der Waals surface area (Å²) in [5.74, 6) is 0.689. The van der Waals surface area contributed by atoms with Crippen LogP contribution in [0.5, 0.6) is 11.5 Å². The van der Waals surface area contributed by atoms with Gasteiger partial charge in [-0.05, 0) is 89.7 Å². The third-order valence-corrected chi connectivity index (χ3v) is 6.10. The van der Waals surface area contributed by atoms with E-state index in [-0.39, 0.29) is 29.5 Å². The molecule has 0 atom stereocenters. The number of hydrogen-bond acceptors (Lipinski definition) is 7. The highest BCUT2D eigenvalue weighted by Crippen LogP contribution is 2.38. The minimum Gasteiger partial charge on any atom is -0.493 e. The van der Waals surface area contributed by atoms with Crippen LogP contribution in [0.3, 0.4) is 0 Å². The van der Waals surface area contributed by atoms with Gasteiger partial charge in [-0.1, -0.05) is 0 Å². The number of halogens is 1. The van der Waals surface area contributed by atoms with Crippen LogP contribution >= 0.6 is 34.4 Å². The predicted octanol–water partition coefficient (Wildman–Crippen LogP) is 5.23. The van der Waals surface area contributed by atoms with Crippen LogP contribution in [0.4, 0.5) is 10.5 Å². The molecule has 1 aliphatic heterocycles. The maximum absolute atomic E-state index is 12.5. The summed E-state index contributed by atoms with van der Waals surface area (Å²) in [5, 5.41) is 10.5. The molecule has 2 aromatic carbocycles. The maximum atomic E-state index is 12.5. The number of benzene rings is 2. The van der Waals surface area contributed by atoms with Gasteiger partial charge in [0.05, 0.1) is 20.5 Å². The number of hydrogen-bond donors (Lipinski definition) is 0. The molecule has 0 N–H and O–H groups in total. The molecule has 0 aliphatic carbocycles. The van der Waals surface area contributed by atoms with Crippen molar-refractivity contribution in [3.05, 3.63) is 66.1 Å². The molecule has 1 fully saturated rings. The van der Waals surface area contributed by atoms with Gasteiger partial charge in [0.2, 0.25) is 0 Å². The van der Waals surface area contributed by atoms with E-state index < -0.39 is 4.92 Å². The smallest absolute Gasteiger partial charge is 0.293 e. The Morgan fingerprint density at radius 2 is 1.90 bits per heavy atom. The highest BCUT2D eigenvalue weighted by molar-refractivity contribution is 14.1. The van der Waals surface area contributed by atoms with Crippen LogP contribution in [0, 0.1) is 13.7 Å². The van der Waals surface area contributed by atoms with Gasteiger partial charge in [-0.25, -0.2) is 0 Å². The number of ether oxygens (including phenoxy) is 2. The highest BCUT2D eigenvalue weighted by atomic mass is 127. The molecule has 10 heteroatoms. The molecule has 8 nitrogen and oxygen atoms in total. The zero-order valence-corrected chi connectivity index (χ0v) is 19.9. The Labute approximate surface area is 196 Å². The van der Waals surface area contributed by atoms with Crippen LogP contribution in [0.2, 0.25) is 0 Å². The van der Waals surface area contributed by atoms with E-state index in [1.165, 1.54) is 24.1 Å². The van der Waals surface area contributed by atoms with Crippen molar-refractivity contribution < 1.29 is 24.0 Å². The fraction of sp³-hybridized carbons (Fsp3) is 0.238. The van der Waals surface area contributed by atoms with E-state index in [4.69, 9.17) is 9.47 Å². The van der Waals surface area contributed by atoms with Crippen LogP contribution in [0.1, 0.15) is 25.0 Å². The normalized spacial score (nSPS) is 15.1. The molecule has 0 bridgehead atoms. The molecule has 0 aromatic heterocycles. The minimum atomic E-state index is -0.453. The van der Waals surface area contributed by atoms with Crippen LogP contribution in [-0.4, -0.2) is 34.1 Å². The quantitative estimate of drug-likeness (QED) is 0.200. The molecule has 1 saturated heterocycles. The van der Waals surface area contributed by atoms with Gasteiger partial charge < -0.3 is 9.47 Å². The first-order chi connectivity index (χ1) is 14.7. The van der Waals surface area contributed by atoms with Crippen molar-refractivity contribution >= 4 is 57.3 Å². The number of carbonyl (C=O) groups is 2. The Bertz CT molecular complexity index is 1070. The molecule has 0 spiro atoms.